The van der Waals surface area contributed by atoms with Gasteiger partial charge in [0.15, 0.2) is 0 Å². The van der Waals surface area contributed by atoms with Crippen LogP contribution in [0.1, 0.15) is 38.2 Å². The highest BCUT2D eigenvalue weighted by Crippen LogP contribution is 2.39. The number of nitrogens with zero attached hydrogens (tertiary/aromatic N) is 1. The van der Waals surface area contributed by atoms with Crippen molar-refractivity contribution >= 4 is 0 Å². The lowest BCUT2D eigenvalue weighted by Gasteiger charge is -2.26. The minimum absolute atomic E-state index is 0.409. The van der Waals surface area contributed by atoms with Crippen molar-refractivity contribution in [2.45, 2.75) is 38.1 Å². The molecule has 1 aromatic carbocycles. The molecular weight excluding hydrogens is 236 g/mol. The van der Waals surface area contributed by atoms with Crippen LogP contribution in [0, 0.1) is 17.2 Å². The van der Waals surface area contributed by atoms with Gasteiger partial charge in [-0.25, -0.2) is 0 Å². The Kier molecular flexibility index (Phi) is 4.11. The first kappa shape index (κ1) is 13.9. The van der Waals surface area contributed by atoms with Crippen molar-refractivity contribution in [1.82, 2.24) is 5.32 Å². The molecule has 0 saturated heterocycles. The summed E-state index contributed by atoms with van der Waals surface area (Å²) in [6.07, 6.45) is 2.23. The third-order valence-corrected chi connectivity index (χ3v) is 3.91. The second kappa shape index (κ2) is 5.63. The van der Waals surface area contributed by atoms with Crippen LogP contribution in [0.15, 0.2) is 24.3 Å². The zero-order chi connectivity index (χ0) is 13.9. The minimum atomic E-state index is -0.534. The molecule has 0 heterocycles. The molecule has 0 aliphatic heterocycles. The zero-order valence-electron chi connectivity index (χ0n) is 11.9. The highest BCUT2D eigenvalue weighted by atomic mass is 16.5. The molecule has 1 N–H and O–H groups in total. The standard InChI is InChI=1S/C16H22N2O/c1-12(2)13-5-4-6-15(9-13)19-11-16(10-17,18-3)14-7-8-14/h4-6,9,12,14,18H,7-8,11H2,1-3H3. The van der Waals surface area contributed by atoms with Gasteiger partial charge in [0.2, 0.25) is 0 Å². The predicted molar refractivity (Wildman–Crippen MR) is 76.2 cm³/mol. The monoisotopic (exact) mass is 258 g/mol. The van der Waals surface area contributed by atoms with Crippen molar-refractivity contribution in [1.29, 1.82) is 5.26 Å². The van der Waals surface area contributed by atoms with Crippen molar-refractivity contribution in [3.63, 3.8) is 0 Å². The third-order valence-electron chi connectivity index (χ3n) is 3.91. The highest BCUT2D eigenvalue weighted by molar-refractivity contribution is 5.30. The molecule has 1 unspecified atom stereocenters. The highest BCUT2D eigenvalue weighted by Gasteiger charge is 2.45. The van der Waals surface area contributed by atoms with E-state index in [4.69, 9.17) is 4.74 Å². The van der Waals surface area contributed by atoms with Crippen molar-refractivity contribution in [2.24, 2.45) is 5.92 Å². The van der Waals surface area contributed by atoms with Crippen LogP contribution in [-0.4, -0.2) is 19.2 Å². The van der Waals surface area contributed by atoms with Gasteiger partial charge < -0.3 is 4.74 Å². The van der Waals surface area contributed by atoms with Crippen molar-refractivity contribution < 1.29 is 4.74 Å². The molecule has 2 rings (SSSR count). The topological polar surface area (TPSA) is 45.0 Å². The summed E-state index contributed by atoms with van der Waals surface area (Å²) in [5, 5.41) is 12.6. The van der Waals surface area contributed by atoms with Gasteiger partial charge in [0.1, 0.15) is 17.9 Å². The Labute approximate surface area is 115 Å². The molecule has 3 heteroatoms. The van der Waals surface area contributed by atoms with Gasteiger partial charge in [-0.1, -0.05) is 26.0 Å². The molecule has 1 fully saturated rings. The molecule has 1 atom stereocenters. The smallest absolute Gasteiger partial charge is 0.143 e. The Morgan fingerprint density at radius 2 is 2.21 bits per heavy atom. The summed E-state index contributed by atoms with van der Waals surface area (Å²) in [5.74, 6) is 1.76. The van der Waals surface area contributed by atoms with E-state index >= 15 is 0 Å². The van der Waals surface area contributed by atoms with Gasteiger partial charge in [-0.05, 0) is 49.4 Å². The van der Waals surface area contributed by atoms with Crippen LogP contribution in [0.2, 0.25) is 0 Å². The van der Waals surface area contributed by atoms with Crippen LogP contribution in [-0.2, 0) is 0 Å². The number of ether oxygens (including phenoxy) is 1. The van der Waals surface area contributed by atoms with E-state index in [1.807, 2.05) is 19.2 Å². The first-order valence-corrected chi connectivity index (χ1v) is 6.94. The summed E-state index contributed by atoms with van der Waals surface area (Å²) in [5.41, 5.74) is 0.726. The second-order valence-corrected chi connectivity index (χ2v) is 5.62. The maximum atomic E-state index is 9.42. The van der Waals surface area contributed by atoms with Crippen molar-refractivity contribution in [2.75, 3.05) is 13.7 Å². The SMILES string of the molecule is CNC(C#N)(COc1cccc(C(C)C)c1)C1CC1. The molecule has 0 aromatic heterocycles. The van der Waals surface area contributed by atoms with E-state index < -0.39 is 5.54 Å². The van der Waals surface area contributed by atoms with E-state index in [0.29, 0.717) is 18.4 Å². The molecule has 1 aliphatic rings. The van der Waals surface area contributed by atoms with Gasteiger partial charge >= 0.3 is 0 Å². The molecular formula is C16H22N2O. The van der Waals surface area contributed by atoms with Gasteiger partial charge in [-0.3, -0.25) is 5.32 Å². The number of likely N-dealkylation sites (N-methyl/N-ethyl adjacent to an activating group) is 1. The number of rotatable bonds is 6. The normalized spacial score (nSPS) is 17.8. The lowest BCUT2D eigenvalue weighted by atomic mass is 9.96. The van der Waals surface area contributed by atoms with Crippen LogP contribution in [0.25, 0.3) is 0 Å². The summed E-state index contributed by atoms with van der Waals surface area (Å²) >= 11 is 0. The Bertz CT molecular complexity index is 474. The van der Waals surface area contributed by atoms with E-state index in [2.05, 4.69) is 37.4 Å². The van der Waals surface area contributed by atoms with Gasteiger partial charge in [-0.15, -0.1) is 0 Å². The summed E-state index contributed by atoms with van der Waals surface area (Å²) in [6.45, 7) is 4.74. The Balaban J connectivity index is 2.05. The Morgan fingerprint density at radius 1 is 1.47 bits per heavy atom. The Morgan fingerprint density at radius 3 is 2.74 bits per heavy atom. The zero-order valence-corrected chi connectivity index (χ0v) is 11.9. The fourth-order valence-corrected chi connectivity index (χ4v) is 2.31. The van der Waals surface area contributed by atoms with E-state index in [1.165, 1.54) is 5.56 Å². The number of hydrogen-bond acceptors (Lipinski definition) is 3. The molecule has 0 radical (unpaired) electrons. The predicted octanol–water partition coefficient (Wildman–Crippen LogP) is 3.08. The van der Waals surface area contributed by atoms with Crippen LogP contribution in [0.5, 0.6) is 5.75 Å². The number of benzene rings is 1. The molecule has 3 nitrogen and oxygen atoms in total. The van der Waals surface area contributed by atoms with Crippen molar-refractivity contribution in [3.05, 3.63) is 29.8 Å². The first-order chi connectivity index (χ1) is 9.11. The van der Waals surface area contributed by atoms with Gasteiger partial charge in [0.25, 0.3) is 0 Å². The van der Waals surface area contributed by atoms with Crippen LogP contribution < -0.4 is 10.1 Å². The fraction of sp³-hybridized carbons (Fsp3) is 0.562. The molecule has 19 heavy (non-hydrogen) atoms. The molecule has 0 bridgehead atoms. The quantitative estimate of drug-likeness (QED) is 0.853. The van der Waals surface area contributed by atoms with Crippen molar-refractivity contribution in [3.8, 4) is 11.8 Å². The minimum Gasteiger partial charge on any atom is -0.491 e. The maximum Gasteiger partial charge on any atom is 0.143 e. The van der Waals surface area contributed by atoms with E-state index in [9.17, 15) is 5.26 Å². The summed E-state index contributed by atoms with van der Waals surface area (Å²) in [6, 6.07) is 10.5. The van der Waals surface area contributed by atoms with E-state index in [1.54, 1.807) is 0 Å². The summed E-state index contributed by atoms with van der Waals surface area (Å²) in [4.78, 5) is 0. The summed E-state index contributed by atoms with van der Waals surface area (Å²) in [7, 11) is 1.84. The second-order valence-electron chi connectivity index (χ2n) is 5.62. The van der Waals surface area contributed by atoms with E-state index in [-0.39, 0.29) is 0 Å². The Hall–Kier alpha value is -1.53. The maximum absolute atomic E-state index is 9.42. The van der Waals surface area contributed by atoms with Gasteiger partial charge in [-0.2, -0.15) is 5.26 Å². The van der Waals surface area contributed by atoms with Crippen LogP contribution in [0.3, 0.4) is 0 Å². The van der Waals surface area contributed by atoms with E-state index in [0.717, 1.165) is 18.6 Å². The largest absolute Gasteiger partial charge is 0.491 e. The number of nitriles is 1. The van der Waals surface area contributed by atoms with Crippen LogP contribution in [0.4, 0.5) is 0 Å². The number of nitrogens with one attached hydrogen (secondary N) is 1. The molecule has 0 spiro atoms. The molecule has 1 saturated carbocycles. The first-order valence-electron chi connectivity index (χ1n) is 6.94. The lowest BCUT2D eigenvalue weighted by Crippen LogP contribution is -2.49. The summed E-state index contributed by atoms with van der Waals surface area (Å²) < 4.78 is 5.86. The third kappa shape index (κ3) is 3.08. The molecule has 1 aromatic rings. The number of hydrogen-bond donors (Lipinski definition) is 1. The average molecular weight is 258 g/mol. The molecule has 102 valence electrons. The van der Waals surface area contributed by atoms with Gasteiger partial charge in [0, 0.05) is 0 Å². The molecule has 0 amide bonds. The van der Waals surface area contributed by atoms with Crippen LogP contribution >= 0.6 is 0 Å². The molecule has 1 aliphatic carbocycles. The average Bonchev–Trinajstić information content (AvgIpc) is 3.26. The lowest BCUT2D eigenvalue weighted by molar-refractivity contribution is 0.210. The fourth-order valence-electron chi connectivity index (χ4n) is 2.31. The van der Waals surface area contributed by atoms with Gasteiger partial charge in [0.05, 0.1) is 6.07 Å².